The molecule has 0 aromatic rings. The molecule has 2 radical (unpaired) electrons. The Hall–Kier alpha value is -1.09. The van der Waals surface area contributed by atoms with Gasteiger partial charge in [-0.2, -0.15) is 0 Å². The zero-order valence-electron chi connectivity index (χ0n) is 5.90. The Morgan fingerprint density at radius 1 is 0.571 bits per heavy atom. The predicted octanol–water partition coefficient (Wildman–Crippen LogP) is -7.03. The quantitative estimate of drug-likeness (QED) is 0.315. The van der Waals surface area contributed by atoms with Crippen molar-refractivity contribution in [2.24, 2.45) is 0 Å². The van der Waals surface area contributed by atoms with Crippen LogP contribution in [-0.4, -0.2) is 23.9 Å². The van der Waals surface area contributed by atoms with Crippen molar-refractivity contribution in [2.45, 2.75) is 0 Å². The fraction of sp³-hybridized carbons (Fsp3) is 0. The monoisotopic (exact) mass is 298 g/mol. The topological polar surface area (TPSA) is 161 Å². The first-order valence-electron chi connectivity index (χ1n) is 2.13. The molecule has 0 aromatic carbocycles. The van der Waals surface area contributed by atoms with E-state index in [9.17, 15) is 0 Å². The van der Waals surface area contributed by atoms with E-state index < -0.39 is 23.9 Å². The van der Waals surface area contributed by atoms with E-state index in [1.807, 2.05) is 0 Å². The summed E-state index contributed by atoms with van der Waals surface area (Å²) >= 11 is 0. The summed E-state index contributed by atoms with van der Waals surface area (Å²) in [5, 5.41) is 35.7. The van der Waals surface area contributed by atoms with Gasteiger partial charge in [0.1, 0.15) is 0 Å². The average Bonchev–Trinajstić information content (AvgIpc) is 1.88. The van der Waals surface area contributed by atoms with E-state index in [1.165, 1.54) is 0 Å². The second-order valence-electron chi connectivity index (χ2n) is 1.15. The normalized spacial score (nSPS) is 6.29. The minimum atomic E-state index is -2.19. The number of carbonyl (C=O) groups is 4. The van der Waals surface area contributed by atoms with Gasteiger partial charge in [0.2, 0.25) is 0 Å². The van der Waals surface area contributed by atoms with Gasteiger partial charge in [-0.05, 0) is 0 Å². The van der Waals surface area contributed by atoms with Gasteiger partial charge in [0, 0.05) is 0 Å². The Labute approximate surface area is 97.6 Å². The first kappa shape index (κ1) is 23.1. The zero-order valence-corrected chi connectivity index (χ0v) is 7.88. The molecule has 0 rings (SSSR count). The average molecular weight is 299 g/mol. The van der Waals surface area contributed by atoms with Crippen molar-refractivity contribution in [3.63, 3.8) is 0 Å². The van der Waals surface area contributed by atoms with Crippen LogP contribution in [0.1, 0.15) is 0 Å². The van der Waals surface area contributed by atoms with Crippen LogP contribution >= 0.6 is 0 Å². The standard InChI is InChI=1S/2C2H2O4.Co.Cu/c2*3-1(4)2(5)6;;/h2*(H,3,4)(H,5,6);;/q;;2*+2/p-4. The van der Waals surface area contributed by atoms with Crippen LogP contribution in [-0.2, 0) is 53.0 Å². The van der Waals surface area contributed by atoms with Crippen molar-refractivity contribution in [2.75, 3.05) is 0 Å². The molecular formula is C4CoCuO8. The fourth-order valence-corrected chi connectivity index (χ4v) is 0. The molecule has 0 aliphatic carbocycles. The van der Waals surface area contributed by atoms with Crippen LogP contribution in [0.5, 0.6) is 0 Å². The first-order chi connectivity index (χ1) is 5.29. The summed E-state index contributed by atoms with van der Waals surface area (Å²) in [5.74, 6) is -8.74. The van der Waals surface area contributed by atoms with Gasteiger partial charge in [0.25, 0.3) is 0 Å². The van der Waals surface area contributed by atoms with E-state index >= 15 is 0 Å². The van der Waals surface area contributed by atoms with E-state index in [4.69, 9.17) is 39.6 Å². The molecule has 0 N–H and O–H groups in total. The van der Waals surface area contributed by atoms with E-state index in [0.717, 1.165) is 0 Å². The van der Waals surface area contributed by atoms with Crippen LogP contribution in [0, 0.1) is 0 Å². The van der Waals surface area contributed by atoms with Gasteiger partial charge in [-0.15, -0.1) is 0 Å². The fourth-order valence-electron chi connectivity index (χ4n) is 0. The van der Waals surface area contributed by atoms with Crippen LogP contribution in [0.15, 0.2) is 0 Å². The van der Waals surface area contributed by atoms with Crippen LogP contribution in [0.25, 0.3) is 0 Å². The van der Waals surface area contributed by atoms with Crippen molar-refractivity contribution in [1.29, 1.82) is 0 Å². The third kappa shape index (κ3) is 22.4. The van der Waals surface area contributed by atoms with Crippen LogP contribution in [0.4, 0.5) is 0 Å². The van der Waals surface area contributed by atoms with E-state index in [-0.39, 0.29) is 33.8 Å². The van der Waals surface area contributed by atoms with Gasteiger partial charge in [0.05, 0.1) is 23.9 Å². The maximum Gasteiger partial charge on any atom is 2.00 e. The Morgan fingerprint density at radius 2 is 0.643 bits per heavy atom. The summed E-state index contributed by atoms with van der Waals surface area (Å²) in [6.45, 7) is 0. The third-order valence-electron chi connectivity index (χ3n) is 0.333. The van der Waals surface area contributed by atoms with E-state index in [2.05, 4.69) is 0 Å². The molecule has 0 aromatic heterocycles. The van der Waals surface area contributed by atoms with Gasteiger partial charge in [-0.3, -0.25) is 0 Å². The van der Waals surface area contributed by atoms with Crippen molar-refractivity contribution in [3.05, 3.63) is 0 Å². The first-order valence-corrected chi connectivity index (χ1v) is 2.13. The summed E-state index contributed by atoms with van der Waals surface area (Å²) in [7, 11) is 0. The molecule has 0 spiro atoms. The third-order valence-corrected chi connectivity index (χ3v) is 0.333. The molecule has 0 aliphatic rings. The van der Waals surface area contributed by atoms with Crippen LogP contribution in [0.2, 0.25) is 0 Å². The molecule has 0 saturated heterocycles. The van der Waals surface area contributed by atoms with Crippen molar-refractivity contribution in [1.82, 2.24) is 0 Å². The molecule has 84 valence electrons. The molecule has 8 nitrogen and oxygen atoms in total. The summed E-state index contributed by atoms with van der Waals surface area (Å²) in [6, 6.07) is 0. The molecule has 0 saturated carbocycles. The van der Waals surface area contributed by atoms with Crippen molar-refractivity contribution in [3.8, 4) is 0 Å². The summed E-state index contributed by atoms with van der Waals surface area (Å²) in [4.78, 5) is 35.7. The largest absolute Gasteiger partial charge is 2.00 e. The number of rotatable bonds is 0. The number of carbonyl (C=O) groups excluding carboxylic acids is 4. The minimum Gasteiger partial charge on any atom is -0.543 e. The molecule has 0 fully saturated rings. The van der Waals surface area contributed by atoms with Gasteiger partial charge in [-0.1, -0.05) is 0 Å². The Kier molecular flexibility index (Phi) is 19.6. The maximum atomic E-state index is 8.93. The zero-order chi connectivity index (χ0) is 10.3. The molecule has 14 heavy (non-hydrogen) atoms. The van der Waals surface area contributed by atoms with Gasteiger partial charge < -0.3 is 39.6 Å². The SMILES string of the molecule is O=C([O-])C(=O)[O-].O=C([O-])C(=O)[O-].[Co+2].[Cu+2]. The molecule has 0 amide bonds. The van der Waals surface area contributed by atoms with Crippen molar-refractivity contribution < 1.29 is 73.5 Å². The van der Waals surface area contributed by atoms with Gasteiger partial charge in [0.15, 0.2) is 0 Å². The molecular weight excluding hydrogens is 299 g/mol. The molecule has 0 unspecified atom stereocenters. The van der Waals surface area contributed by atoms with Gasteiger partial charge in [-0.25, -0.2) is 0 Å². The Morgan fingerprint density at radius 3 is 0.643 bits per heavy atom. The molecule has 0 bridgehead atoms. The summed E-state index contributed by atoms with van der Waals surface area (Å²) in [6.07, 6.45) is 0. The number of hydrogen-bond acceptors (Lipinski definition) is 8. The molecule has 0 heterocycles. The van der Waals surface area contributed by atoms with E-state index in [0.29, 0.717) is 0 Å². The van der Waals surface area contributed by atoms with Crippen molar-refractivity contribution >= 4 is 23.9 Å². The number of carboxylic acid groups (broad SMARTS) is 4. The van der Waals surface area contributed by atoms with Crippen LogP contribution < -0.4 is 20.4 Å². The number of aliphatic carboxylic acids is 4. The second-order valence-corrected chi connectivity index (χ2v) is 1.15. The Balaban J connectivity index is -0.0000000625. The Bertz CT molecular complexity index is 177. The van der Waals surface area contributed by atoms with E-state index in [1.54, 1.807) is 0 Å². The summed E-state index contributed by atoms with van der Waals surface area (Å²) in [5.41, 5.74) is 0. The smallest absolute Gasteiger partial charge is 0.543 e. The second kappa shape index (κ2) is 11.9. The molecule has 0 atom stereocenters. The number of hydrogen-bond donors (Lipinski definition) is 0. The maximum absolute atomic E-state index is 8.93. The molecule has 0 aliphatic heterocycles. The van der Waals surface area contributed by atoms with Crippen LogP contribution in [0.3, 0.4) is 0 Å². The number of carboxylic acids is 4. The predicted molar refractivity (Wildman–Crippen MR) is 20.0 cm³/mol. The van der Waals surface area contributed by atoms with Gasteiger partial charge >= 0.3 is 33.8 Å². The minimum absolute atomic E-state index is 0. The molecule has 10 heteroatoms. The summed E-state index contributed by atoms with van der Waals surface area (Å²) < 4.78 is 0.